The van der Waals surface area contributed by atoms with Crippen molar-refractivity contribution >= 4 is 49.8 Å². The Hall–Kier alpha value is -7.16. The molecule has 2 heteroatoms. The summed E-state index contributed by atoms with van der Waals surface area (Å²) in [6.45, 7) is 0. The smallest absolute Gasteiger partial charge is 0.143 e. The van der Waals surface area contributed by atoms with Gasteiger partial charge >= 0.3 is 0 Å². The molecular weight excluding hydrogens is 655 g/mol. The second-order valence-electron chi connectivity index (χ2n) is 13.7. The topological polar surface area (TPSA) is 16.4 Å². The van der Waals surface area contributed by atoms with Crippen LogP contribution in [0.4, 0.5) is 17.1 Å². The molecule has 9 aromatic carbocycles. The van der Waals surface area contributed by atoms with Crippen LogP contribution in [0.3, 0.4) is 0 Å². The van der Waals surface area contributed by atoms with Crippen LogP contribution in [0, 0.1) is 0 Å². The molecule has 0 aliphatic rings. The van der Waals surface area contributed by atoms with Gasteiger partial charge in [-0.05, 0) is 86.8 Å². The molecule has 0 N–H and O–H groups in total. The highest BCUT2D eigenvalue weighted by Gasteiger charge is 2.19. The number of rotatable bonds is 7. The van der Waals surface area contributed by atoms with Crippen molar-refractivity contribution in [2.45, 2.75) is 0 Å². The van der Waals surface area contributed by atoms with Gasteiger partial charge in [-0.25, -0.2) is 0 Å². The number of fused-ring (bicyclic) bond motifs is 4. The van der Waals surface area contributed by atoms with E-state index < -0.39 is 0 Å². The Labute approximate surface area is 314 Å². The third-order valence-electron chi connectivity index (χ3n) is 10.5. The van der Waals surface area contributed by atoms with Crippen LogP contribution < -0.4 is 4.90 Å². The van der Waals surface area contributed by atoms with Crippen LogP contribution in [0.2, 0.25) is 0 Å². The fraction of sp³-hybridized carbons (Fsp3) is 0. The van der Waals surface area contributed by atoms with Crippen molar-refractivity contribution in [1.82, 2.24) is 0 Å². The molecule has 2 nitrogen and oxygen atoms in total. The number of benzene rings is 9. The Morgan fingerprint density at radius 2 is 0.796 bits per heavy atom. The molecule has 1 aromatic heterocycles. The van der Waals surface area contributed by atoms with Gasteiger partial charge in [0.2, 0.25) is 0 Å². The highest BCUT2D eigenvalue weighted by molar-refractivity contribution is 6.10. The largest absolute Gasteiger partial charge is 0.455 e. The van der Waals surface area contributed by atoms with Crippen molar-refractivity contribution in [3.63, 3.8) is 0 Å². The van der Waals surface area contributed by atoms with E-state index in [1.807, 2.05) is 12.1 Å². The number of nitrogens with zero attached hydrogens (tertiary/aromatic N) is 1. The average molecular weight is 690 g/mol. The van der Waals surface area contributed by atoms with Gasteiger partial charge in [0.05, 0.1) is 5.69 Å². The van der Waals surface area contributed by atoms with Gasteiger partial charge in [-0.2, -0.15) is 0 Å². The van der Waals surface area contributed by atoms with E-state index in [1.165, 1.54) is 44.2 Å². The molecule has 0 atom stereocenters. The summed E-state index contributed by atoms with van der Waals surface area (Å²) in [7, 11) is 0. The minimum atomic E-state index is 0.906. The Bertz CT molecular complexity index is 2910. The number of furan rings is 1. The van der Waals surface area contributed by atoms with Crippen molar-refractivity contribution in [2.75, 3.05) is 4.90 Å². The summed E-state index contributed by atoms with van der Waals surface area (Å²) >= 11 is 0. The first kappa shape index (κ1) is 31.6. The minimum absolute atomic E-state index is 0.906. The molecule has 10 aromatic rings. The average Bonchev–Trinajstić information content (AvgIpc) is 3.64. The summed E-state index contributed by atoms with van der Waals surface area (Å²) in [4.78, 5) is 2.38. The maximum absolute atomic E-state index is 6.42. The maximum Gasteiger partial charge on any atom is 0.143 e. The van der Waals surface area contributed by atoms with Crippen molar-refractivity contribution < 1.29 is 4.42 Å². The normalized spacial score (nSPS) is 11.3. The summed E-state index contributed by atoms with van der Waals surface area (Å²) < 4.78 is 6.42. The van der Waals surface area contributed by atoms with E-state index in [2.05, 4.69) is 205 Å². The molecule has 0 unspecified atom stereocenters. The van der Waals surface area contributed by atoms with Gasteiger partial charge in [0, 0.05) is 33.1 Å². The first-order valence-electron chi connectivity index (χ1n) is 18.4. The molecule has 254 valence electrons. The number of anilines is 3. The molecule has 0 amide bonds. The Morgan fingerprint density at radius 3 is 1.50 bits per heavy atom. The molecular formula is C52H35NO. The first-order valence-corrected chi connectivity index (χ1v) is 18.4. The van der Waals surface area contributed by atoms with E-state index >= 15 is 0 Å². The zero-order chi connectivity index (χ0) is 35.8. The number of hydrogen-bond donors (Lipinski definition) is 0. The quantitative estimate of drug-likeness (QED) is 0.166. The van der Waals surface area contributed by atoms with Crippen molar-refractivity contribution in [3.8, 4) is 44.5 Å². The second-order valence-corrected chi connectivity index (χ2v) is 13.7. The Balaban J connectivity index is 1.09. The lowest BCUT2D eigenvalue weighted by Crippen LogP contribution is -2.10. The van der Waals surface area contributed by atoms with E-state index in [-0.39, 0.29) is 0 Å². The summed E-state index contributed by atoms with van der Waals surface area (Å²) in [5, 5.41) is 4.68. The van der Waals surface area contributed by atoms with Crippen LogP contribution in [0.1, 0.15) is 0 Å². The lowest BCUT2D eigenvalue weighted by atomic mass is 9.96. The third-order valence-corrected chi connectivity index (χ3v) is 10.5. The van der Waals surface area contributed by atoms with Crippen LogP contribution in [0.15, 0.2) is 217 Å². The van der Waals surface area contributed by atoms with E-state index in [4.69, 9.17) is 4.42 Å². The summed E-state index contributed by atoms with van der Waals surface area (Å²) in [6, 6.07) is 75.8. The van der Waals surface area contributed by atoms with Gasteiger partial charge in [0.25, 0.3) is 0 Å². The predicted molar refractivity (Wildman–Crippen MR) is 228 cm³/mol. The highest BCUT2D eigenvalue weighted by atomic mass is 16.3. The molecule has 10 rings (SSSR count). The standard InChI is InChI=1S/C52H35NO/c1-3-13-36(14-4-1)40-17-11-18-41(35-40)37-25-29-42(30-26-37)53(50-34-33-44(38-15-5-2-6-16-38)46-19-7-8-20-47(46)50)43-31-27-39(28-32-43)45-22-12-23-49-48-21-9-10-24-51(48)54-52(45)49/h1-35H. The number of hydrogen-bond acceptors (Lipinski definition) is 2. The van der Waals surface area contributed by atoms with Crippen molar-refractivity contribution in [2.24, 2.45) is 0 Å². The van der Waals surface area contributed by atoms with Crippen LogP contribution in [0.25, 0.3) is 77.2 Å². The van der Waals surface area contributed by atoms with Crippen LogP contribution >= 0.6 is 0 Å². The SMILES string of the molecule is c1ccc(-c2cccc(-c3ccc(N(c4ccc(-c5cccc6c5oc5ccccc56)cc4)c4ccc(-c5ccccc5)c5ccccc45)cc3)c2)cc1. The Kier molecular flexibility index (Phi) is 7.85. The molecule has 0 bridgehead atoms. The van der Waals surface area contributed by atoms with E-state index in [0.717, 1.165) is 50.1 Å². The van der Waals surface area contributed by atoms with Crippen molar-refractivity contribution in [3.05, 3.63) is 212 Å². The van der Waals surface area contributed by atoms with Gasteiger partial charge in [-0.3, -0.25) is 0 Å². The lowest BCUT2D eigenvalue weighted by molar-refractivity contribution is 0.670. The summed E-state index contributed by atoms with van der Waals surface area (Å²) in [6.07, 6.45) is 0. The molecule has 0 aliphatic heterocycles. The first-order chi connectivity index (χ1) is 26.8. The third kappa shape index (κ3) is 5.62. The molecule has 0 spiro atoms. The zero-order valence-corrected chi connectivity index (χ0v) is 29.6. The van der Waals surface area contributed by atoms with Gasteiger partial charge in [0.1, 0.15) is 11.2 Å². The monoisotopic (exact) mass is 689 g/mol. The molecule has 0 saturated carbocycles. The van der Waals surface area contributed by atoms with Crippen LogP contribution in [-0.4, -0.2) is 0 Å². The lowest BCUT2D eigenvalue weighted by Gasteiger charge is -2.28. The predicted octanol–water partition coefficient (Wildman–Crippen LogP) is 14.9. The molecule has 1 heterocycles. The Morgan fingerprint density at radius 1 is 0.296 bits per heavy atom. The summed E-state index contributed by atoms with van der Waals surface area (Å²) in [5.74, 6) is 0. The van der Waals surface area contributed by atoms with E-state index in [0.29, 0.717) is 0 Å². The van der Waals surface area contributed by atoms with Gasteiger partial charge in [-0.1, -0.05) is 170 Å². The highest BCUT2D eigenvalue weighted by Crippen LogP contribution is 2.43. The maximum atomic E-state index is 6.42. The van der Waals surface area contributed by atoms with Crippen LogP contribution in [0.5, 0.6) is 0 Å². The fourth-order valence-corrected chi connectivity index (χ4v) is 7.85. The zero-order valence-electron chi connectivity index (χ0n) is 29.6. The van der Waals surface area contributed by atoms with E-state index in [1.54, 1.807) is 0 Å². The molecule has 0 radical (unpaired) electrons. The van der Waals surface area contributed by atoms with Gasteiger partial charge < -0.3 is 9.32 Å². The van der Waals surface area contributed by atoms with Gasteiger partial charge in [0.15, 0.2) is 0 Å². The molecule has 54 heavy (non-hydrogen) atoms. The second kappa shape index (κ2) is 13.4. The number of para-hydroxylation sites is 2. The fourth-order valence-electron chi connectivity index (χ4n) is 7.85. The molecule has 0 saturated heterocycles. The molecule has 0 fully saturated rings. The van der Waals surface area contributed by atoms with Gasteiger partial charge in [-0.15, -0.1) is 0 Å². The van der Waals surface area contributed by atoms with Crippen LogP contribution in [-0.2, 0) is 0 Å². The minimum Gasteiger partial charge on any atom is -0.455 e. The van der Waals surface area contributed by atoms with Crippen molar-refractivity contribution in [1.29, 1.82) is 0 Å². The molecule has 0 aliphatic carbocycles. The summed E-state index contributed by atoms with van der Waals surface area (Å²) in [5.41, 5.74) is 14.5. The van der Waals surface area contributed by atoms with E-state index in [9.17, 15) is 0 Å².